The number of carbonyl (C=O) groups excluding carboxylic acids is 3. The standard InChI is InChI=1S/C62H77FN12O6S/c1-36-54(82-35-67-36)39-10-11-40(31-64-57(78)50-29-44(76)34-75(50)58(79)55(61(3,4)5)69-59(80)62(63)21-22-62)52(28-39)81-45-14-12-42(13-15-45)73-25-18-43(19-26-73)72-23-16-38(17-24-72)41-32-65-60(66-33-41)74-27-20-48-53(37(74)2)47-30-49(70-71-56(47)68-48)46-8-6-7-9-51(46)77/h6-11,28,30,32-33,35,37-38,42-45,50,55,76-77H,12-27,29,31,34H2,1-5H3,(H,64,78)(H,68,71)(H,69,80)/t37-,42-,44+,45+,50-,55+/m0/s1. The van der Waals surface area contributed by atoms with Gasteiger partial charge in [0, 0.05) is 84.7 Å². The summed E-state index contributed by atoms with van der Waals surface area (Å²) in [6.07, 6.45) is 12.8. The minimum Gasteiger partial charge on any atom is -0.507 e. The van der Waals surface area contributed by atoms with Gasteiger partial charge in [-0.15, -0.1) is 21.5 Å². The smallest absolute Gasteiger partial charge is 0.258 e. The van der Waals surface area contributed by atoms with Crippen molar-refractivity contribution in [1.82, 2.24) is 55.5 Å². The van der Waals surface area contributed by atoms with Gasteiger partial charge in [-0.25, -0.2) is 19.3 Å². The maximum atomic E-state index is 14.8. The maximum absolute atomic E-state index is 14.8. The Balaban J connectivity index is 0.619. The first kappa shape index (κ1) is 55.9. The molecule has 82 heavy (non-hydrogen) atoms. The van der Waals surface area contributed by atoms with Crippen molar-refractivity contribution in [3.05, 3.63) is 94.5 Å². The van der Waals surface area contributed by atoms with Crippen LogP contribution < -0.4 is 20.3 Å². The van der Waals surface area contributed by atoms with Crippen molar-refractivity contribution in [3.63, 3.8) is 0 Å². The fourth-order valence-corrected chi connectivity index (χ4v) is 14.4. The number of phenolic OH excluding ortho intramolecular Hbond substituents is 1. The molecule has 8 heterocycles. The number of H-pyrrole nitrogens is 1. The molecular formula is C62H77FN12O6S. The largest absolute Gasteiger partial charge is 0.507 e. The number of phenols is 1. The van der Waals surface area contributed by atoms with Crippen LogP contribution in [-0.2, 0) is 27.3 Å². The average Bonchev–Trinajstić information content (AvgIpc) is 3.77. The molecule has 434 valence electrons. The Kier molecular flexibility index (Phi) is 15.6. The molecule has 6 aromatic rings. The molecule has 0 bridgehead atoms. The summed E-state index contributed by atoms with van der Waals surface area (Å²) in [6, 6.07) is 14.4. The second-order valence-corrected chi connectivity index (χ2v) is 25.9. The summed E-state index contributed by atoms with van der Waals surface area (Å²) in [5, 5.41) is 36.9. The molecule has 0 unspecified atom stereocenters. The number of carbonyl (C=O) groups is 3. The molecule has 20 heteroatoms. The van der Waals surface area contributed by atoms with Crippen molar-refractivity contribution in [1.29, 1.82) is 0 Å². The average molecular weight is 1140 g/mol. The van der Waals surface area contributed by atoms with Gasteiger partial charge in [0.15, 0.2) is 11.3 Å². The van der Waals surface area contributed by atoms with Crippen LogP contribution in [0.5, 0.6) is 11.5 Å². The number of aryl methyl sites for hydroxylation is 1. The van der Waals surface area contributed by atoms with E-state index < -0.39 is 47.0 Å². The minimum atomic E-state index is -1.96. The number of fused-ring (bicyclic) bond motifs is 3. The van der Waals surface area contributed by atoms with Gasteiger partial charge >= 0.3 is 0 Å². The monoisotopic (exact) mass is 1140 g/mol. The Morgan fingerprint density at radius 2 is 1.61 bits per heavy atom. The highest BCUT2D eigenvalue weighted by atomic mass is 32.1. The molecule has 0 spiro atoms. The number of aromatic hydroxyl groups is 1. The number of piperidine rings is 2. The molecule has 18 nitrogen and oxygen atoms in total. The van der Waals surface area contributed by atoms with Gasteiger partial charge in [0.25, 0.3) is 5.91 Å². The van der Waals surface area contributed by atoms with E-state index in [1.54, 1.807) is 44.2 Å². The van der Waals surface area contributed by atoms with E-state index >= 15 is 0 Å². The number of nitrogens with one attached hydrogen (secondary N) is 3. The first-order valence-electron chi connectivity index (χ1n) is 29.7. The number of para-hydroxylation sites is 1. The van der Waals surface area contributed by atoms with E-state index in [-0.39, 0.29) is 50.2 Å². The summed E-state index contributed by atoms with van der Waals surface area (Å²) < 4.78 is 21.7. The summed E-state index contributed by atoms with van der Waals surface area (Å²) in [5.41, 5.74) is 7.43. The van der Waals surface area contributed by atoms with Crippen LogP contribution in [0.3, 0.4) is 0 Å². The predicted molar refractivity (Wildman–Crippen MR) is 312 cm³/mol. The van der Waals surface area contributed by atoms with Gasteiger partial charge in [-0.05, 0) is 151 Å². The second kappa shape index (κ2) is 22.9. The van der Waals surface area contributed by atoms with Gasteiger partial charge < -0.3 is 50.2 Å². The van der Waals surface area contributed by atoms with Gasteiger partial charge in [0.2, 0.25) is 17.8 Å². The predicted octanol–water partition coefficient (Wildman–Crippen LogP) is 8.32. The quantitative estimate of drug-likeness (QED) is 0.0693. The minimum absolute atomic E-state index is 0.00926. The molecule has 12 rings (SSSR count). The summed E-state index contributed by atoms with van der Waals surface area (Å²) in [5.74, 6) is 0.313. The maximum Gasteiger partial charge on any atom is 0.258 e. The lowest BCUT2D eigenvalue weighted by Gasteiger charge is -2.45. The third-order valence-corrected chi connectivity index (χ3v) is 19.6. The number of benzene rings is 2. The number of aromatic nitrogens is 6. The highest BCUT2D eigenvalue weighted by molar-refractivity contribution is 7.13. The molecule has 0 radical (unpaired) electrons. The molecule has 4 aliphatic heterocycles. The molecule has 2 saturated carbocycles. The number of alkyl halides is 1. The van der Waals surface area contributed by atoms with Gasteiger partial charge in [-0.3, -0.25) is 14.4 Å². The number of amides is 3. The molecule has 2 aliphatic carbocycles. The molecule has 2 aromatic carbocycles. The number of aliphatic hydroxyl groups is 1. The normalized spacial score (nSPS) is 24.1. The first-order chi connectivity index (χ1) is 39.5. The third-order valence-electron chi connectivity index (χ3n) is 18.6. The summed E-state index contributed by atoms with van der Waals surface area (Å²) in [7, 11) is 0. The fraction of sp³-hybridized carbons (Fsp3) is 0.548. The van der Waals surface area contributed by atoms with Gasteiger partial charge in [-0.1, -0.05) is 45.0 Å². The summed E-state index contributed by atoms with van der Waals surface area (Å²) in [4.78, 5) is 69.0. The van der Waals surface area contributed by atoms with Crippen molar-refractivity contribution in [2.45, 2.75) is 172 Å². The van der Waals surface area contributed by atoms with Crippen LogP contribution in [0.25, 0.3) is 32.7 Å². The third kappa shape index (κ3) is 11.4. The SMILES string of the molecule is Cc1ncsc1-c1ccc(CNC(=O)[C@@H]2C[C@@H](O)CN2C(=O)[C@@H](NC(=O)C2(F)CC2)C(C)(C)C)c(O[C@H]2CC[C@@H](N3CCC(N4CCC(c5cnc(N6CCc7[nH]c8nnc(-c9ccccc9O)cc8c7[C@@H]6C)nc5)CC4)CC3)CC2)c1. The molecule has 3 amide bonds. The zero-order valence-electron chi connectivity index (χ0n) is 47.7. The van der Waals surface area contributed by atoms with Crippen molar-refractivity contribution < 1.29 is 33.7 Å². The number of anilines is 1. The highest BCUT2D eigenvalue weighted by Crippen LogP contribution is 2.42. The number of aliphatic hydroxyl groups excluding tert-OH is 1. The second-order valence-electron chi connectivity index (χ2n) is 25.0. The Labute approximate surface area is 482 Å². The zero-order valence-corrected chi connectivity index (χ0v) is 48.6. The number of halogens is 1. The molecule has 6 aliphatic rings. The van der Waals surface area contributed by atoms with Gasteiger partial charge in [0.05, 0.1) is 40.0 Å². The lowest BCUT2D eigenvalue weighted by atomic mass is 9.85. The Hall–Kier alpha value is -6.61. The lowest BCUT2D eigenvalue weighted by molar-refractivity contribution is -0.145. The van der Waals surface area contributed by atoms with E-state index in [1.165, 1.54) is 28.9 Å². The van der Waals surface area contributed by atoms with E-state index in [0.29, 0.717) is 35.0 Å². The van der Waals surface area contributed by atoms with E-state index in [9.17, 15) is 29.0 Å². The van der Waals surface area contributed by atoms with Crippen molar-refractivity contribution in [2.24, 2.45) is 5.41 Å². The van der Waals surface area contributed by atoms with Crippen molar-refractivity contribution >= 4 is 46.0 Å². The number of aromatic amines is 1. The number of likely N-dealkylation sites (tertiary alicyclic amines) is 3. The van der Waals surface area contributed by atoms with Crippen molar-refractivity contribution in [2.75, 3.05) is 44.2 Å². The van der Waals surface area contributed by atoms with Gasteiger partial charge in [-0.2, -0.15) is 0 Å². The van der Waals surface area contributed by atoms with Gasteiger partial charge in [0.1, 0.15) is 23.6 Å². The van der Waals surface area contributed by atoms with Crippen LogP contribution in [0.15, 0.2) is 66.4 Å². The van der Waals surface area contributed by atoms with Crippen LogP contribution >= 0.6 is 11.3 Å². The van der Waals surface area contributed by atoms with Crippen LogP contribution in [0.1, 0.15) is 138 Å². The number of hydrogen-bond acceptors (Lipinski definition) is 15. The van der Waals surface area contributed by atoms with Crippen molar-refractivity contribution in [3.8, 4) is 33.2 Å². The topological polar surface area (TPSA) is 218 Å². The number of hydrogen-bond donors (Lipinski definition) is 5. The molecule has 5 N–H and O–H groups in total. The summed E-state index contributed by atoms with van der Waals surface area (Å²) in [6.45, 7) is 14.8. The fourth-order valence-electron chi connectivity index (χ4n) is 13.6. The highest BCUT2D eigenvalue weighted by Gasteiger charge is 2.53. The number of nitrogens with zero attached hydrogens (tertiary/aromatic N) is 9. The Morgan fingerprint density at radius 1 is 0.902 bits per heavy atom. The molecule has 4 aromatic heterocycles. The van der Waals surface area contributed by atoms with E-state index in [0.717, 1.165) is 122 Å². The molecular weight excluding hydrogens is 1060 g/mol. The number of ether oxygens (including phenoxy) is 1. The van der Waals surface area contributed by atoms with E-state index in [2.05, 4.69) is 70.9 Å². The first-order valence-corrected chi connectivity index (χ1v) is 30.6. The molecule has 4 atom stereocenters. The Bertz CT molecular complexity index is 3300. The molecule has 3 saturated heterocycles. The number of β-amino-alcohol motifs (C(OH)–C–C–N with tert-alkyl or cyclic N) is 1. The number of rotatable bonds is 14. The molecule has 5 fully saturated rings. The Morgan fingerprint density at radius 3 is 2.29 bits per heavy atom. The van der Waals surface area contributed by atoms with Crippen LogP contribution in [0.4, 0.5) is 10.3 Å². The zero-order chi connectivity index (χ0) is 57.0. The summed E-state index contributed by atoms with van der Waals surface area (Å²) >= 11 is 1.57. The van der Waals surface area contributed by atoms with Crippen LogP contribution in [0, 0.1) is 12.3 Å². The van der Waals surface area contributed by atoms with Crippen LogP contribution in [-0.4, -0.2) is 154 Å². The number of thiazole rings is 1. The van der Waals surface area contributed by atoms with E-state index in [1.807, 2.05) is 42.8 Å². The lowest BCUT2D eigenvalue weighted by Crippen LogP contribution is -2.59. The van der Waals surface area contributed by atoms with Crippen LogP contribution in [0.2, 0.25) is 0 Å². The van der Waals surface area contributed by atoms with E-state index in [4.69, 9.17) is 14.7 Å².